The Morgan fingerprint density at radius 1 is 1.48 bits per heavy atom. The molecule has 1 N–H and O–H groups in total. The van der Waals surface area contributed by atoms with Crippen molar-refractivity contribution in [3.05, 3.63) is 35.7 Å². The van der Waals surface area contributed by atoms with Crippen LogP contribution in [-0.2, 0) is 9.53 Å². The van der Waals surface area contributed by atoms with Gasteiger partial charge in [0.2, 0.25) is 5.88 Å². The van der Waals surface area contributed by atoms with Crippen molar-refractivity contribution in [3.63, 3.8) is 0 Å². The molecule has 0 spiro atoms. The van der Waals surface area contributed by atoms with Gasteiger partial charge in [0.15, 0.2) is 6.61 Å². The number of alkyl halides is 2. The van der Waals surface area contributed by atoms with Crippen LogP contribution in [0.1, 0.15) is 16.1 Å². The Morgan fingerprint density at radius 3 is 2.91 bits per heavy atom. The van der Waals surface area contributed by atoms with Crippen molar-refractivity contribution >= 4 is 29.5 Å². The van der Waals surface area contributed by atoms with Gasteiger partial charge in [0.1, 0.15) is 5.03 Å². The van der Waals surface area contributed by atoms with Crippen molar-refractivity contribution < 1.29 is 27.6 Å². The summed E-state index contributed by atoms with van der Waals surface area (Å²) in [6.45, 7) is 1.07. The van der Waals surface area contributed by atoms with Gasteiger partial charge in [0.25, 0.3) is 11.7 Å². The number of esters is 1. The molecular formula is C13H11F2N3O4S. The number of nitrogens with one attached hydrogen (secondary N) is 1. The number of aryl methyl sites for hydroxylation is 1. The fourth-order valence-corrected chi connectivity index (χ4v) is 2.10. The number of halogens is 2. The van der Waals surface area contributed by atoms with Crippen LogP contribution in [0, 0.1) is 6.92 Å². The third-order valence-electron chi connectivity index (χ3n) is 2.42. The van der Waals surface area contributed by atoms with Crippen molar-refractivity contribution in [2.24, 2.45) is 0 Å². The van der Waals surface area contributed by atoms with E-state index in [-0.39, 0.29) is 28.2 Å². The van der Waals surface area contributed by atoms with Gasteiger partial charge < -0.3 is 9.26 Å². The molecule has 1 amide bonds. The zero-order valence-corrected chi connectivity index (χ0v) is 12.6. The first-order valence-corrected chi connectivity index (χ1v) is 7.14. The molecule has 23 heavy (non-hydrogen) atoms. The predicted molar refractivity (Wildman–Crippen MR) is 76.3 cm³/mol. The number of rotatable bonds is 6. The van der Waals surface area contributed by atoms with Crippen LogP contribution in [0.25, 0.3) is 0 Å². The van der Waals surface area contributed by atoms with E-state index in [1.807, 2.05) is 0 Å². The summed E-state index contributed by atoms with van der Waals surface area (Å²) in [6, 6.07) is 4.18. The predicted octanol–water partition coefficient (Wildman–Crippen LogP) is 2.49. The van der Waals surface area contributed by atoms with Crippen LogP contribution in [0.3, 0.4) is 0 Å². The number of nitrogens with zero attached hydrogens (tertiary/aromatic N) is 2. The zero-order valence-electron chi connectivity index (χ0n) is 11.8. The minimum Gasteiger partial charge on any atom is -0.452 e. The van der Waals surface area contributed by atoms with E-state index in [4.69, 9.17) is 9.26 Å². The summed E-state index contributed by atoms with van der Waals surface area (Å²) in [5.74, 6) is -4.19. The standard InChI is InChI=1S/C13H11F2N3O4S/c1-7-5-10(22-18-7)17-9(19)6-21-12(20)8-3-2-4-16-11(8)23-13(14)15/h2-5,13H,6H2,1H3,(H,17,19). The summed E-state index contributed by atoms with van der Waals surface area (Å²) in [6.07, 6.45) is 1.28. The molecule has 0 aromatic carbocycles. The van der Waals surface area contributed by atoms with Gasteiger partial charge in [-0.25, -0.2) is 9.78 Å². The Balaban J connectivity index is 1.93. The Hall–Kier alpha value is -2.49. The first-order valence-electron chi connectivity index (χ1n) is 6.26. The number of thioether (sulfide) groups is 1. The maximum Gasteiger partial charge on any atom is 0.341 e. The summed E-state index contributed by atoms with van der Waals surface area (Å²) in [4.78, 5) is 27.2. The van der Waals surface area contributed by atoms with Crippen LogP contribution >= 0.6 is 11.8 Å². The molecule has 7 nitrogen and oxygen atoms in total. The van der Waals surface area contributed by atoms with E-state index < -0.39 is 24.2 Å². The van der Waals surface area contributed by atoms with Gasteiger partial charge >= 0.3 is 5.97 Å². The first-order chi connectivity index (χ1) is 11.0. The number of carbonyl (C=O) groups is 2. The van der Waals surface area contributed by atoms with Gasteiger partial charge in [-0.3, -0.25) is 10.1 Å². The molecule has 0 bridgehead atoms. The average molecular weight is 343 g/mol. The normalized spacial score (nSPS) is 10.6. The number of aromatic nitrogens is 2. The summed E-state index contributed by atoms with van der Waals surface area (Å²) in [5.41, 5.74) is 0.433. The molecule has 0 fully saturated rings. The molecule has 122 valence electrons. The molecule has 10 heteroatoms. The van der Waals surface area contributed by atoms with E-state index >= 15 is 0 Å². The highest BCUT2D eigenvalue weighted by molar-refractivity contribution is 7.99. The SMILES string of the molecule is Cc1cc(NC(=O)COC(=O)c2cccnc2SC(F)F)on1. The minimum atomic E-state index is -2.73. The van der Waals surface area contributed by atoms with E-state index in [0.717, 1.165) is 0 Å². The first kappa shape index (κ1) is 16.9. The van der Waals surface area contributed by atoms with Gasteiger partial charge in [-0.05, 0) is 30.8 Å². The van der Waals surface area contributed by atoms with Crippen LogP contribution in [0.4, 0.5) is 14.7 Å². The lowest BCUT2D eigenvalue weighted by Crippen LogP contribution is -2.21. The third kappa shape index (κ3) is 5.02. The van der Waals surface area contributed by atoms with Gasteiger partial charge in [-0.15, -0.1) is 0 Å². The Bertz CT molecular complexity index is 708. The van der Waals surface area contributed by atoms with E-state index in [9.17, 15) is 18.4 Å². The Labute approximate surface area is 133 Å². The summed E-state index contributed by atoms with van der Waals surface area (Å²) >= 11 is 0.124. The zero-order chi connectivity index (χ0) is 16.8. The topological polar surface area (TPSA) is 94.3 Å². The number of anilines is 1. The van der Waals surface area contributed by atoms with E-state index in [0.29, 0.717) is 5.69 Å². The van der Waals surface area contributed by atoms with Crippen molar-refractivity contribution in [2.75, 3.05) is 11.9 Å². The van der Waals surface area contributed by atoms with E-state index in [1.54, 1.807) is 6.92 Å². The number of carbonyl (C=O) groups excluding carboxylic acids is 2. The molecule has 0 atom stereocenters. The maximum atomic E-state index is 12.4. The highest BCUT2D eigenvalue weighted by atomic mass is 32.2. The molecule has 2 aromatic heterocycles. The Morgan fingerprint density at radius 2 is 2.26 bits per heavy atom. The molecule has 0 unspecified atom stereocenters. The molecule has 2 heterocycles. The highest BCUT2D eigenvalue weighted by Crippen LogP contribution is 2.26. The summed E-state index contributed by atoms with van der Waals surface area (Å²) in [7, 11) is 0. The number of hydrogen-bond acceptors (Lipinski definition) is 7. The molecule has 0 radical (unpaired) electrons. The lowest BCUT2D eigenvalue weighted by atomic mass is 10.3. The van der Waals surface area contributed by atoms with Crippen molar-refractivity contribution in [2.45, 2.75) is 17.7 Å². The number of hydrogen-bond donors (Lipinski definition) is 1. The monoisotopic (exact) mass is 343 g/mol. The van der Waals surface area contributed by atoms with Crippen molar-refractivity contribution in [3.8, 4) is 0 Å². The van der Waals surface area contributed by atoms with Gasteiger partial charge in [-0.1, -0.05) is 5.16 Å². The fraction of sp³-hybridized carbons (Fsp3) is 0.231. The second-order valence-electron chi connectivity index (χ2n) is 4.19. The number of amides is 1. The molecule has 0 aliphatic carbocycles. The highest BCUT2D eigenvalue weighted by Gasteiger charge is 2.19. The quantitative estimate of drug-likeness (QED) is 0.636. The molecule has 0 saturated carbocycles. The maximum absolute atomic E-state index is 12.4. The minimum absolute atomic E-state index is 0.110. The number of pyridine rings is 1. The largest absolute Gasteiger partial charge is 0.452 e. The molecule has 2 rings (SSSR count). The van der Waals surface area contributed by atoms with Crippen molar-refractivity contribution in [1.82, 2.24) is 10.1 Å². The Kier molecular flexibility index (Phi) is 5.63. The van der Waals surface area contributed by atoms with E-state index in [2.05, 4.69) is 15.5 Å². The lowest BCUT2D eigenvalue weighted by Gasteiger charge is -2.07. The molecular weight excluding hydrogens is 332 g/mol. The number of ether oxygens (including phenoxy) is 1. The van der Waals surface area contributed by atoms with Crippen LogP contribution in [-0.4, -0.2) is 34.4 Å². The third-order valence-corrected chi connectivity index (χ3v) is 3.14. The molecule has 0 saturated heterocycles. The van der Waals surface area contributed by atoms with Crippen molar-refractivity contribution in [1.29, 1.82) is 0 Å². The van der Waals surface area contributed by atoms with Crippen LogP contribution in [0.15, 0.2) is 33.9 Å². The molecule has 0 aliphatic rings. The molecule has 2 aromatic rings. The lowest BCUT2D eigenvalue weighted by molar-refractivity contribution is -0.119. The van der Waals surface area contributed by atoms with Gasteiger partial charge in [0, 0.05) is 12.3 Å². The van der Waals surface area contributed by atoms with Crippen LogP contribution in [0.2, 0.25) is 0 Å². The van der Waals surface area contributed by atoms with Crippen LogP contribution in [0.5, 0.6) is 0 Å². The average Bonchev–Trinajstić information content (AvgIpc) is 2.90. The second kappa shape index (κ2) is 7.68. The summed E-state index contributed by atoms with van der Waals surface area (Å²) in [5, 5.41) is 5.73. The van der Waals surface area contributed by atoms with Crippen LogP contribution < -0.4 is 5.32 Å². The fourth-order valence-electron chi connectivity index (χ4n) is 1.53. The summed E-state index contributed by atoms with van der Waals surface area (Å²) < 4.78 is 34.4. The van der Waals surface area contributed by atoms with Gasteiger partial charge in [0.05, 0.1) is 11.3 Å². The smallest absolute Gasteiger partial charge is 0.341 e. The molecule has 0 aliphatic heterocycles. The van der Waals surface area contributed by atoms with Gasteiger partial charge in [-0.2, -0.15) is 8.78 Å². The van der Waals surface area contributed by atoms with E-state index in [1.165, 1.54) is 24.4 Å². The second-order valence-corrected chi connectivity index (χ2v) is 5.17.